The van der Waals surface area contributed by atoms with E-state index in [1.54, 1.807) is 18.2 Å². The molecule has 0 bridgehead atoms. The summed E-state index contributed by atoms with van der Waals surface area (Å²) < 4.78 is 0. The smallest absolute Gasteiger partial charge is 0.236 e. The Morgan fingerprint density at radius 3 is 2.73 bits per heavy atom. The average molecular weight is 152 g/mol. The molecule has 0 aliphatic rings. The molecule has 3 heteroatoms. The SMILES string of the molecule is C=C/C=C\C(=C)NCC(N)=O. The Balaban J connectivity index is 3.61. The van der Waals surface area contributed by atoms with Crippen LogP contribution in [0.25, 0.3) is 0 Å². The summed E-state index contributed by atoms with van der Waals surface area (Å²) in [7, 11) is 0. The molecular formula is C8H12N2O. The molecule has 0 rings (SSSR count). The molecule has 0 aromatic rings. The monoisotopic (exact) mass is 152 g/mol. The van der Waals surface area contributed by atoms with E-state index in [0.29, 0.717) is 5.70 Å². The minimum atomic E-state index is -0.404. The third-order valence-corrected chi connectivity index (χ3v) is 0.923. The van der Waals surface area contributed by atoms with Crippen LogP contribution in [0.1, 0.15) is 0 Å². The van der Waals surface area contributed by atoms with Gasteiger partial charge in [-0.1, -0.05) is 25.3 Å². The summed E-state index contributed by atoms with van der Waals surface area (Å²) in [5.41, 5.74) is 5.52. The van der Waals surface area contributed by atoms with Crippen LogP contribution in [0.2, 0.25) is 0 Å². The Bertz CT molecular complexity index is 194. The van der Waals surface area contributed by atoms with Gasteiger partial charge in [0.1, 0.15) is 0 Å². The fourth-order valence-electron chi connectivity index (χ4n) is 0.444. The van der Waals surface area contributed by atoms with Crippen molar-refractivity contribution in [2.24, 2.45) is 5.73 Å². The molecule has 0 aromatic heterocycles. The highest BCUT2D eigenvalue weighted by atomic mass is 16.1. The number of rotatable bonds is 5. The second kappa shape index (κ2) is 5.29. The molecule has 0 fully saturated rings. The van der Waals surface area contributed by atoms with E-state index in [-0.39, 0.29) is 6.54 Å². The van der Waals surface area contributed by atoms with E-state index in [0.717, 1.165) is 0 Å². The first-order valence-electron chi connectivity index (χ1n) is 3.17. The lowest BCUT2D eigenvalue weighted by atomic mass is 10.4. The van der Waals surface area contributed by atoms with E-state index in [2.05, 4.69) is 18.5 Å². The zero-order valence-electron chi connectivity index (χ0n) is 6.34. The van der Waals surface area contributed by atoms with Gasteiger partial charge in [0.15, 0.2) is 0 Å². The predicted octanol–water partition coefficient (Wildman–Crippen LogP) is 0.317. The summed E-state index contributed by atoms with van der Waals surface area (Å²) >= 11 is 0. The molecule has 3 N–H and O–H groups in total. The van der Waals surface area contributed by atoms with Crippen LogP contribution in [0.15, 0.2) is 37.1 Å². The number of nitrogens with two attached hydrogens (primary N) is 1. The highest BCUT2D eigenvalue weighted by Crippen LogP contribution is 1.85. The summed E-state index contributed by atoms with van der Waals surface area (Å²) in [5, 5.41) is 2.71. The van der Waals surface area contributed by atoms with Crippen molar-refractivity contribution in [1.29, 1.82) is 0 Å². The molecule has 1 amide bonds. The van der Waals surface area contributed by atoms with Crippen LogP contribution in [0.5, 0.6) is 0 Å². The second-order valence-electron chi connectivity index (χ2n) is 1.94. The number of amides is 1. The highest BCUT2D eigenvalue weighted by molar-refractivity contribution is 5.76. The topological polar surface area (TPSA) is 55.1 Å². The van der Waals surface area contributed by atoms with Gasteiger partial charge in [0.25, 0.3) is 0 Å². The Morgan fingerprint density at radius 2 is 2.27 bits per heavy atom. The molecule has 0 radical (unpaired) electrons. The van der Waals surface area contributed by atoms with E-state index in [1.807, 2.05) is 0 Å². The normalized spacial score (nSPS) is 9.45. The number of allylic oxidation sites excluding steroid dienone is 3. The van der Waals surface area contributed by atoms with Gasteiger partial charge in [-0.25, -0.2) is 0 Å². The lowest BCUT2D eigenvalue weighted by Crippen LogP contribution is -2.27. The third-order valence-electron chi connectivity index (χ3n) is 0.923. The van der Waals surface area contributed by atoms with E-state index in [4.69, 9.17) is 5.73 Å². The van der Waals surface area contributed by atoms with E-state index in [1.165, 1.54) is 0 Å². The van der Waals surface area contributed by atoms with Crippen LogP contribution in [-0.4, -0.2) is 12.5 Å². The zero-order valence-corrected chi connectivity index (χ0v) is 6.34. The Kier molecular flexibility index (Phi) is 4.56. The first-order valence-corrected chi connectivity index (χ1v) is 3.17. The predicted molar refractivity (Wildman–Crippen MR) is 45.7 cm³/mol. The molecule has 0 aliphatic heterocycles. The van der Waals surface area contributed by atoms with Crippen molar-refractivity contribution in [2.75, 3.05) is 6.54 Å². The molecular weight excluding hydrogens is 140 g/mol. The minimum Gasteiger partial charge on any atom is -0.377 e. The molecule has 0 spiro atoms. The van der Waals surface area contributed by atoms with Crippen molar-refractivity contribution >= 4 is 5.91 Å². The molecule has 0 saturated carbocycles. The first-order chi connectivity index (χ1) is 5.16. The van der Waals surface area contributed by atoms with E-state index < -0.39 is 5.91 Å². The van der Waals surface area contributed by atoms with Gasteiger partial charge in [0, 0.05) is 5.70 Å². The van der Waals surface area contributed by atoms with Crippen molar-refractivity contribution in [3.63, 3.8) is 0 Å². The van der Waals surface area contributed by atoms with Gasteiger partial charge >= 0.3 is 0 Å². The van der Waals surface area contributed by atoms with Crippen LogP contribution < -0.4 is 11.1 Å². The van der Waals surface area contributed by atoms with Gasteiger partial charge < -0.3 is 11.1 Å². The lowest BCUT2D eigenvalue weighted by molar-refractivity contribution is -0.117. The number of carbonyl (C=O) groups is 1. The fraction of sp³-hybridized carbons (Fsp3) is 0.125. The minimum absolute atomic E-state index is 0.111. The zero-order chi connectivity index (χ0) is 8.69. The molecule has 0 heterocycles. The molecule has 11 heavy (non-hydrogen) atoms. The van der Waals surface area contributed by atoms with E-state index in [9.17, 15) is 4.79 Å². The van der Waals surface area contributed by atoms with Gasteiger partial charge in [-0.05, 0) is 6.08 Å². The van der Waals surface area contributed by atoms with Crippen LogP contribution in [-0.2, 0) is 4.79 Å². The van der Waals surface area contributed by atoms with Gasteiger partial charge in [0.05, 0.1) is 6.54 Å². The van der Waals surface area contributed by atoms with Crippen LogP contribution in [0, 0.1) is 0 Å². The summed E-state index contributed by atoms with van der Waals surface area (Å²) in [4.78, 5) is 10.3. The number of hydrogen-bond donors (Lipinski definition) is 2. The maximum atomic E-state index is 10.3. The largest absolute Gasteiger partial charge is 0.377 e. The molecule has 0 aliphatic carbocycles. The standard InChI is InChI=1S/C8H12N2O/c1-3-4-5-7(2)10-6-8(9)11/h3-5,10H,1-2,6H2,(H2,9,11)/b5-4-. The average Bonchev–Trinajstić information content (AvgIpc) is 1.97. The molecule has 0 aromatic carbocycles. The third kappa shape index (κ3) is 6.37. The van der Waals surface area contributed by atoms with Gasteiger partial charge in [-0.15, -0.1) is 0 Å². The Hall–Kier alpha value is -1.51. The molecule has 0 unspecified atom stereocenters. The number of hydrogen-bond acceptors (Lipinski definition) is 2. The molecule has 0 atom stereocenters. The summed E-state index contributed by atoms with van der Waals surface area (Å²) in [6, 6.07) is 0. The fourth-order valence-corrected chi connectivity index (χ4v) is 0.444. The maximum Gasteiger partial charge on any atom is 0.236 e. The maximum absolute atomic E-state index is 10.3. The number of carbonyl (C=O) groups excluding carboxylic acids is 1. The number of nitrogens with one attached hydrogen (secondary N) is 1. The van der Waals surface area contributed by atoms with Crippen molar-refractivity contribution in [3.8, 4) is 0 Å². The van der Waals surface area contributed by atoms with Crippen LogP contribution in [0.3, 0.4) is 0 Å². The quantitative estimate of drug-likeness (QED) is 0.557. The van der Waals surface area contributed by atoms with Crippen molar-refractivity contribution in [2.45, 2.75) is 0 Å². The second-order valence-corrected chi connectivity index (χ2v) is 1.94. The Morgan fingerprint density at radius 1 is 1.64 bits per heavy atom. The Labute approximate surface area is 66.3 Å². The molecule has 60 valence electrons. The highest BCUT2D eigenvalue weighted by Gasteiger charge is 1.90. The summed E-state index contributed by atoms with van der Waals surface area (Å²) in [5.74, 6) is -0.404. The van der Waals surface area contributed by atoms with Gasteiger partial charge in [0.2, 0.25) is 5.91 Å². The van der Waals surface area contributed by atoms with Crippen molar-refractivity contribution < 1.29 is 4.79 Å². The van der Waals surface area contributed by atoms with Gasteiger partial charge in [-0.2, -0.15) is 0 Å². The van der Waals surface area contributed by atoms with Crippen LogP contribution >= 0.6 is 0 Å². The van der Waals surface area contributed by atoms with E-state index >= 15 is 0 Å². The van der Waals surface area contributed by atoms with Crippen molar-refractivity contribution in [1.82, 2.24) is 5.32 Å². The first kappa shape index (κ1) is 9.49. The molecule has 0 saturated heterocycles. The molecule has 3 nitrogen and oxygen atoms in total. The van der Waals surface area contributed by atoms with Crippen LogP contribution in [0.4, 0.5) is 0 Å². The van der Waals surface area contributed by atoms with Crippen molar-refractivity contribution in [3.05, 3.63) is 37.1 Å². The van der Waals surface area contributed by atoms with Gasteiger partial charge in [-0.3, -0.25) is 4.79 Å². The lowest BCUT2D eigenvalue weighted by Gasteiger charge is -2.00. The summed E-state index contributed by atoms with van der Waals surface area (Å²) in [6.45, 7) is 7.20. The summed E-state index contributed by atoms with van der Waals surface area (Å²) in [6.07, 6.45) is 5.05. The number of primary amides is 1.